The predicted molar refractivity (Wildman–Crippen MR) is 51.3 cm³/mol. The first-order valence-electron chi connectivity index (χ1n) is 4.38. The van der Waals surface area contributed by atoms with Crippen LogP contribution in [0.15, 0.2) is 24.3 Å². The molecular formula is C11H15O. The van der Waals surface area contributed by atoms with E-state index in [2.05, 4.69) is 19.9 Å². The Morgan fingerprint density at radius 1 is 1.33 bits per heavy atom. The van der Waals surface area contributed by atoms with E-state index in [1.54, 1.807) is 0 Å². The van der Waals surface area contributed by atoms with Crippen molar-refractivity contribution in [3.05, 3.63) is 36.8 Å². The van der Waals surface area contributed by atoms with Gasteiger partial charge in [0.1, 0.15) is 5.75 Å². The van der Waals surface area contributed by atoms with Crippen molar-refractivity contribution in [1.29, 1.82) is 0 Å². The van der Waals surface area contributed by atoms with Crippen LogP contribution in [0.2, 0.25) is 0 Å². The summed E-state index contributed by atoms with van der Waals surface area (Å²) in [6, 6.07) is 8.05. The summed E-state index contributed by atoms with van der Waals surface area (Å²) in [5.41, 5.74) is 1.19. The van der Waals surface area contributed by atoms with Crippen LogP contribution in [0.25, 0.3) is 0 Å². The topological polar surface area (TPSA) is 9.23 Å². The van der Waals surface area contributed by atoms with Crippen LogP contribution >= 0.6 is 0 Å². The second-order valence-corrected chi connectivity index (χ2v) is 2.71. The second-order valence-electron chi connectivity index (χ2n) is 2.71. The van der Waals surface area contributed by atoms with Gasteiger partial charge in [0.2, 0.25) is 0 Å². The lowest BCUT2D eigenvalue weighted by molar-refractivity contribution is 0.314. The molecule has 12 heavy (non-hydrogen) atoms. The van der Waals surface area contributed by atoms with Gasteiger partial charge < -0.3 is 4.74 Å². The van der Waals surface area contributed by atoms with Gasteiger partial charge in [-0.25, -0.2) is 0 Å². The third-order valence-corrected chi connectivity index (χ3v) is 1.70. The van der Waals surface area contributed by atoms with E-state index < -0.39 is 0 Å². The first-order chi connectivity index (χ1) is 5.88. The van der Waals surface area contributed by atoms with E-state index >= 15 is 0 Å². The number of hydrogen-bond donors (Lipinski definition) is 0. The molecule has 0 aliphatic rings. The molecule has 0 aliphatic heterocycles. The van der Waals surface area contributed by atoms with Crippen LogP contribution in [-0.2, 0) is 6.42 Å². The van der Waals surface area contributed by atoms with E-state index in [1.807, 2.05) is 18.2 Å². The van der Waals surface area contributed by atoms with Crippen molar-refractivity contribution in [2.24, 2.45) is 0 Å². The van der Waals surface area contributed by atoms with Gasteiger partial charge in [0.15, 0.2) is 0 Å². The van der Waals surface area contributed by atoms with Crippen LogP contribution < -0.4 is 4.74 Å². The first-order valence-corrected chi connectivity index (χ1v) is 4.38. The fourth-order valence-electron chi connectivity index (χ4n) is 1.06. The average molecular weight is 163 g/mol. The molecule has 1 nitrogen and oxygen atoms in total. The maximum absolute atomic E-state index is 5.54. The number of hydrogen-bond acceptors (Lipinski definition) is 1. The van der Waals surface area contributed by atoms with Crippen LogP contribution in [0.4, 0.5) is 0 Å². The summed E-state index contributed by atoms with van der Waals surface area (Å²) >= 11 is 0. The van der Waals surface area contributed by atoms with Gasteiger partial charge >= 0.3 is 0 Å². The van der Waals surface area contributed by atoms with Crippen molar-refractivity contribution >= 4 is 0 Å². The summed E-state index contributed by atoms with van der Waals surface area (Å²) in [6.45, 7) is 6.74. The van der Waals surface area contributed by atoms with Gasteiger partial charge in [-0.15, -0.1) is 0 Å². The molecule has 0 unspecified atom stereocenters. The van der Waals surface area contributed by atoms with Crippen molar-refractivity contribution in [2.45, 2.75) is 19.8 Å². The fourth-order valence-corrected chi connectivity index (χ4v) is 1.06. The lowest BCUT2D eigenvalue weighted by atomic mass is 10.1. The van der Waals surface area contributed by atoms with E-state index in [0.29, 0.717) is 0 Å². The zero-order valence-corrected chi connectivity index (χ0v) is 7.55. The quantitative estimate of drug-likeness (QED) is 0.663. The minimum atomic E-state index is 0.789. The summed E-state index contributed by atoms with van der Waals surface area (Å²) in [5.74, 6) is 0.981. The SMILES string of the molecule is [CH2]Cc1ccccc1OCCC. The molecule has 0 saturated carbocycles. The van der Waals surface area contributed by atoms with Crippen molar-refractivity contribution in [1.82, 2.24) is 0 Å². The molecule has 0 fully saturated rings. The second kappa shape index (κ2) is 4.81. The van der Waals surface area contributed by atoms with Crippen LogP contribution in [0, 0.1) is 6.92 Å². The summed E-state index contributed by atoms with van der Waals surface area (Å²) in [4.78, 5) is 0. The molecule has 0 aromatic heterocycles. The zero-order chi connectivity index (χ0) is 8.81. The lowest BCUT2D eigenvalue weighted by Gasteiger charge is -2.08. The lowest BCUT2D eigenvalue weighted by Crippen LogP contribution is -1.97. The number of ether oxygens (including phenoxy) is 1. The molecule has 0 saturated heterocycles. The minimum absolute atomic E-state index is 0.789. The molecule has 0 bridgehead atoms. The van der Waals surface area contributed by atoms with Crippen LogP contribution in [0.1, 0.15) is 18.9 Å². The predicted octanol–water partition coefficient (Wildman–Crippen LogP) is 2.85. The Balaban J connectivity index is 2.68. The molecule has 0 spiro atoms. The first kappa shape index (κ1) is 9.11. The highest BCUT2D eigenvalue weighted by molar-refractivity contribution is 5.33. The molecule has 0 heterocycles. The van der Waals surface area contributed by atoms with Crippen LogP contribution in [0.5, 0.6) is 5.75 Å². The molecule has 1 heteroatoms. The number of rotatable bonds is 4. The summed E-state index contributed by atoms with van der Waals surface area (Å²) in [5, 5.41) is 0. The van der Waals surface area contributed by atoms with Crippen molar-refractivity contribution in [2.75, 3.05) is 6.61 Å². The monoisotopic (exact) mass is 163 g/mol. The number of para-hydroxylation sites is 1. The standard InChI is InChI=1S/C11H15O/c1-3-9-12-11-8-6-5-7-10(11)4-2/h5-8H,2-4,9H2,1H3. The molecule has 0 amide bonds. The normalized spacial score (nSPS) is 9.83. The fraction of sp³-hybridized carbons (Fsp3) is 0.364. The van der Waals surface area contributed by atoms with E-state index in [-0.39, 0.29) is 0 Å². The minimum Gasteiger partial charge on any atom is -0.493 e. The summed E-state index contributed by atoms with van der Waals surface area (Å²) < 4.78 is 5.54. The molecule has 1 aromatic carbocycles. The highest BCUT2D eigenvalue weighted by atomic mass is 16.5. The van der Waals surface area contributed by atoms with Gasteiger partial charge in [-0.2, -0.15) is 0 Å². The third kappa shape index (κ3) is 2.26. The molecule has 0 N–H and O–H groups in total. The Morgan fingerprint density at radius 2 is 2.08 bits per heavy atom. The molecule has 1 rings (SSSR count). The molecule has 0 atom stereocenters. The Kier molecular flexibility index (Phi) is 3.65. The molecule has 65 valence electrons. The van der Waals surface area contributed by atoms with Gasteiger partial charge in [-0.3, -0.25) is 0 Å². The third-order valence-electron chi connectivity index (χ3n) is 1.70. The van der Waals surface area contributed by atoms with Crippen LogP contribution in [-0.4, -0.2) is 6.61 Å². The highest BCUT2D eigenvalue weighted by Gasteiger charge is 1.98. The Labute approximate surface area is 74.4 Å². The summed E-state index contributed by atoms with van der Waals surface area (Å²) in [6.07, 6.45) is 1.84. The van der Waals surface area contributed by atoms with Crippen molar-refractivity contribution in [3.8, 4) is 5.75 Å². The molecular weight excluding hydrogens is 148 g/mol. The van der Waals surface area contributed by atoms with Crippen LogP contribution in [0.3, 0.4) is 0 Å². The summed E-state index contributed by atoms with van der Waals surface area (Å²) in [7, 11) is 0. The Bertz CT molecular complexity index is 230. The highest BCUT2D eigenvalue weighted by Crippen LogP contribution is 2.17. The smallest absolute Gasteiger partial charge is 0.122 e. The number of benzene rings is 1. The van der Waals surface area contributed by atoms with Gasteiger partial charge in [-0.1, -0.05) is 25.1 Å². The van der Waals surface area contributed by atoms with E-state index in [0.717, 1.165) is 25.2 Å². The maximum Gasteiger partial charge on any atom is 0.122 e. The Morgan fingerprint density at radius 3 is 2.75 bits per heavy atom. The van der Waals surface area contributed by atoms with Gasteiger partial charge in [0, 0.05) is 0 Å². The Hall–Kier alpha value is -0.980. The van der Waals surface area contributed by atoms with Crippen molar-refractivity contribution < 1.29 is 4.74 Å². The largest absolute Gasteiger partial charge is 0.493 e. The van der Waals surface area contributed by atoms with E-state index in [9.17, 15) is 0 Å². The van der Waals surface area contributed by atoms with Gasteiger partial charge in [0.25, 0.3) is 0 Å². The average Bonchev–Trinajstić information content (AvgIpc) is 2.15. The molecule has 0 aliphatic carbocycles. The van der Waals surface area contributed by atoms with Crippen molar-refractivity contribution in [3.63, 3.8) is 0 Å². The van der Waals surface area contributed by atoms with Gasteiger partial charge in [-0.05, 0) is 31.4 Å². The maximum atomic E-state index is 5.54. The van der Waals surface area contributed by atoms with E-state index in [4.69, 9.17) is 4.74 Å². The zero-order valence-electron chi connectivity index (χ0n) is 7.55. The van der Waals surface area contributed by atoms with E-state index in [1.165, 1.54) is 5.56 Å². The molecule has 1 radical (unpaired) electrons. The molecule has 1 aromatic rings. The van der Waals surface area contributed by atoms with Gasteiger partial charge in [0.05, 0.1) is 6.61 Å².